The highest BCUT2D eigenvalue weighted by atomic mass is 79.9. The van der Waals surface area contributed by atoms with Crippen molar-refractivity contribution in [2.45, 2.75) is 24.3 Å². The van der Waals surface area contributed by atoms with Crippen LogP contribution in [-0.4, -0.2) is 27.5 Å². The maximum atomic E-state index is 12.4. The minimum absolute atomic E-state index is 0.0544. The number of piperidine rings is 1. The average Bonchev–Trinajstić information content (AvgIpc) is 2.35. The highest BCUT2D eigenvalue weighted by Gasteiger charge is 2.27. The summed E-state index contributed by atoms with van der Waals surface area (Å²) in [4.78, 5) is 0.120. The van der Waals surface area contributed by atoms with Gasteiger partial charge in [-0.05, 0) is 43.6 Å². The summed E-state index contributed by atoms with van der Waals surface area (Å²) in [6, 6.07) is 4.76. The number of hydrogen-bond acceptors (Lipinski definition) is 3. The van der Waals surface area contributed by atoms with E-state index < -0.39 is 10.0 Å². The number of benzene rings is 1. The van der Waals surface area contributed by atoms with Crippen molar-refractivity contribution in [3.63, 3.8) is 0 Å². The molecule has 1 aromatic carbocycles. The summed E-state index contributed by atoms with van der Waals surface area (Å²) >= 11 is 9.25. The van der Waals surface area contributed by atoms with Gasteiger partial charge in [0.05, 0.1) is 5.02 Å². The Morgan fingerprint density at radius 2 is 2.21 bits per heavy atom. The third kappa shape index (κ3) is 3.70. The molecular weight excluding hydrogens is 352 g/mol. The zero-order valence-corrected chi connectivity index (χ0v) is 13.6. The molecule has 4 nitrogen and oxygen atoms in total. The molecule has 0 spiro atoms. The molecule has 7 heteroatoms. The van der Waals surface area contributed by atoms with Gasteiger partial charge in [0.1, 0.15) is 4.90 Å². The maximum Gasteiger partial charge on any atom is 0.242 e. The van der Waals surface area contributed by atoms with Crippen LogP contribution in [0.25, 0.3) is 0 Å². The Bertz CT molecular complexity index is 565. The van der Waals surface area contributed by atoms with Crippen LogP contribution in [0.1, 0.15) is 13.3 Å². The molecule has 0 amide bonds. The van der Waals surface area contributed by atoms with E-state index in [1.54, 1.807) is 12.1 Å². The van der Waals surface area contributed by atoms with E-state index in [-0.39, 0.29) is 21.9 Å². The standard InChI is InChI=1S/C12H16BrClN2O2S/c1-8-7-15-5-4-11(8)16-19(17,18)12-6-9(13)2-3-10(12)14/h2-3,6,8,11,15-16H,4-5,7H2,1H3. The van der Waals surface area contributed by atoms with Crippen LogP contribution < -0.4 is 10.0 Å². The quantitative estimate of drug-likeness (QED) is 0.862. The Morgan fingerprint density at radius 1 is 1.47 bits per heavy atom. The smallest absolute Gasteiger partial charge is 0.242 e. The van der Waals surface area contributed by atoms with Crippen molar-refractivity contribution < 1.29 is 8.42 Å². The van der Waals surface area contributed by atoms with Crippen LogP contribution in [0, 0.1) is 5.92 Å². The molecule has 0 aromatic heterocycles. The monoisotopic (exact) mass is 366 g/mol. The molecule has 0 radical (unpaired) electrons. The Labute approximate surface area is 127 Å². The molecule has 0 aliphatic carbocycles. The molecule has 2 unspecified atom stereocenters. The van der Waals surface area contributed by atoms with Gasteiger partial charge in [0.15, 0.2) is 0 Å². The van der Waals surface area contributed by atoms with E-state index in [1.807, 2.05) is 6.92 Å². The van der Waals surface area contributed by atoms with E-state index >= 15 is 0 Å². The van der Waals surface area contributed by atoms with Crippen LogP contribution in [-0.2, 0) is 10.0 Å². The Hall–Kier alpha value is -0.140. The molecule has 19 heavy (non-hydrogen) atoms. The summed E-state index contributed by atoms with van der Waals surface area (Å²) in [5.74, 6) is 0.259. The summed E-state index contributed by atoms with van der Waals surface area (Å²) < 4.78 is 28.2. The maximum absolute atomic E-state index is 12.4. The highest BCUT2D eigenvalue weighted by molar-refractivity contribution is 9.10. The van der Waals surface area contributed by atoms with E-state index in [4.69, 9.17) is 11.6 Å². The van der Waals surface area contributed by atoms with Gasteiger partial charge in [-0.3, -0.25) is 0 Å². The van der Waals surface area contributed by atoms with Crippen molar-refractivity contribution in [2.24, 2.45) is 5.92 Å². The van der Waals surface area contributed by atoms with Gasteiger partial charge in [0, 0.05) is 10.5 Å². The molecule has 2 atom stereocenters. The van der Waals surface area contributed by atoms with Gasteiger partial charge >= 0.3 is 0 Å². The Balaban J connectivity index is 2.24. The normalized spacial score (nSPS) is 24.4. The molecule has 1 aliphatic rings. The number of halogens is 2. The van der Waals surface area contributed by atoms with Gasteiger partial charge in [-0.2, -0.15) is 0 Å². The second-order valence-corrected chi connectivity index (χ2v) is 7.78. The molecule has 106 valence electrons. The summed E-state index contributed by atoms with van der Waals surface area (Å²) in [5.41, 5.74) is 0. The first kappa shape index (κ1) is 15.3. The van der Waals surface area contributed by atoms with Crippen molar-refractivity contribution in [1.29, 1.82) is 0 Å². The molecule has 0 bridgehead atoms. The lowest BCUT2D eigenvalue weighted by Crippen LogP contribution is -2.48. The largest absolute Gasteiger partial charge is 0.316 e. The molecule has 1 aromatic rings. The summed E-state index contributed by atoms with van der Waals surface area (Å²) in [5, 5.41) is 3.48. The second-order valence-electron chi connectivity index (χ2n) is 4.77. The summed E-state index contributed by atoms with van der Waals surface area (Å²) in [7, 11) is -3.59. The number of rotatable bonds is 3. The van der Waals surface area contributed by atoms with Gasteiger partial charge < -0.3 is 5.32 Å². The fourth-order valence-electron chi connectivity index (χ4n) is 2.14. The third-order valence-electron chi connectivity index (χ3n) is 3.27. The SMILES string of the molecule is CC1CNCCC1NS(=O)(=O)c1cc(Br)ccc1Cl. The molecule has 1 saturated heterocycles. The second kappa shape index (κ2) is 6.10. The van der Waals surface area contributed by atoms with Crippen LogP contribution in [0.5, 0.6) is 0 Å². The summed E-state index contributed by atoms with van der Waals surface area (Å²) in [6.07, 6.45) is 0.784. The predicted molar refractivity (Wildman–Crippen MR) is 79.9 cm³/mol. The van der Waals surface area contributed by atoms with Crippen molar-refractivity contribution in [1.82, 2.24) is 10.0 Å². The molecule has 1 heterocycles. The van der Waals surface area contributed by atoms with Gasteiger partial charge in [-0.15, -0.1) is 0 Å². The fourth-order valence-corrected chi connectivity index (χ4v) is 4.55. The van der Waals surface area contributed by atoms with E-state index in [0.29, 0.717) is 4.47 Å². The molecule has 1 aliphatic heterocycles. The van der Waals surface area contributed by atoms with E-state index in [2.05, 4.69) is 26.0 Å². The molecular formula is C12H16BrClN2O2S. The van der Waals surface area contributed by atoms with Crippen LogP contribution in [0.2, 0.25) is 5.02 Å². The fraction of sp³-hybridized carbons (Fsp3) is 0.500. The Kier molecular flexibility index (Phi) is 4.89. The Morgan fingerprint density at radius 3 is 2.89 bits per heavy atom. The van der Waals surface area contributed by atoms with Crippen molar-refractivity contribution in [2.75, 3.05) is 13.1 Å². The van der Waals surface area contributed by atoms with E-state index in [9.17, 15) is 8.42 Å². The molecule has 0 saturated carbocycles. The lowest BCUT2D eigenvalue weighted by Gasteiger charge is -2.30. The first-order chi connectivity index (χ1) is 8.90. The van der Waals surface area contributed by atoms with Crippen LogP contribution >= 0.6 is 27.5 Å². The highest BCUT2D eigenvalue weighted by Crippen LogP contribution is 2.26. The number of nitrogens with one attached hydrogen (secondary N) is 2. The first-order valence-electron chi connectivity index (χ1n) is 6.08. The van der Waals surface area contributed by atoms with E-state index in [1.165, 1.54) is 6.07 Å². The van der Waals surface area contributed by atoms with Crippen LogP contribution in [0.3, 0.4) is 0 Å². The van der Waals surface area contributed by atoms with Crippen molar-refractivity contribution in [3.8, 4) is 0 Å². The van der Waals surface area contributed by atoms with Crippen molar-refractivity contribution >= 4 is 37.6 Å². The lowest BCUT2D eigenvalue weighted by molar-refractivity contribution is 0.328. The third-order valence-corrected chi connectivity index (χ3v) is 5.74. The van der Waals surface area contributed by atoms with Crippen LogP contribution in [0.4, 0.5) is 0 Å². The van der Waals surface area contributed by atoms with E-state index in [0.717, 1.165) is 19.5 Å². The van der Waals surface area contributed by atoms with Gasteiger partial charge in [-0.25, -0.2) is 13.1 Å². The minimum Gasteiger partial charge on any atom is -0.316 e. The number of sulfonamides is 1. The summed E-state index contributed by atoms with van der Waals surface area (Å²) in [6.45, 7) is 3.67. The molecule has 1 fully saturated rings. The van der Waals surface area contributed by atoms with Gasteiger partial charge in [0.2, 0.25) is 10.0 Å². The van der Waals surface area contributed by atoms with Gasteiger partial charge in [-0.1, -0.05) is 34.5 Å². The topological polar surface area (TPSA) is 58.2 Å². The predicted octanol–water partition coefficient (Wildman–Crippen LogP) is 2.38. The van der Waals surface area contributed by atoms with Crippen LogP contribution in [0.15, 0.2) is 27.6 Å². The number of hydrogen-bond donors (Lipinski definition) is 2. The first-order valence-corrected chi connectivity index (χ1v) is 8.73. The zero-order valence-electron chi connectivity index (χ0n) is 10.5. The zero-order chi connectivity index (χ0) is 14.0. The molecule has 2 N–H and O–H groups in total. The lowest BCUT2D eigenvalue weighted by atomic mass is 9.97. The molecule has 2 rings (SSSR count). The average molecular weight is 368 g/mol. The minimum atomic E-state index is -3.59. The van der Waals surface area contributed by atoms with Gasteiger partial charge in [0.25, 0.3) is 0 Å². The van der Waals surface area contributed by atoms with Crippen molar-refractivity contribution in [3.05, 3.63) is 27.7 Å².